The van der Waals surface area contributed by atoms with Gasteiger partial charge in [-0.1, -0.05) is 49.6 Å². The molecule has 4 heteroatoms. The second kappa shape index (κ2) is 9.95. The standard InChI is InChI=1S/C23H29NO3/c1-5-6-7-18(2)23(24-16-17-25,19-8-12-21(26-3)13-9-19)20-10-14-22(27-4)15-11-20/h5-10,12-14,24-25H,1-2,11,15-17H2,3-4H3/b7-6-. The van der Waals surface area contributed by atoms with Crippen molar-refractivity contribution in [2.75, 3.05) is 27.4 Å². The van der Waals surface area contributed by atoms with Crippen molar-refractivity contribution in [3.05, 3.63) is 90.3 Å². The zero-order chi connectivity index (χ0) is 19.7. The van der Waals surface area contributed by atoms with Crippen LogP contribution in [0.15, 0.2) is 84.7 Å². The Kier molecular flexibility index (Phi) is 7.65. The van der Waals surface area contributed by atoms with Crippen molar-refractivity contribution >= 4 is 0 Å². The van der Waals surface area contributed by atoms with Gasteiger partial charge in [0.25, 0.3) is 0 Å². The molecule has 0 spiro atoms. The van der Waals surface area contributed by atoms with E-state index in [1.54, 1.807) is 20.3 Å². The van der Waals surface area contributed by atoms with Gasteiger partial charge in [0, 0.05) is 13.0 Å². The van der Waals surface area contributed by atoms with Gasteiger partial charge in [0.2, 0.25) is 0 Å². The fourth-order valence-electron chi connectivity index (χ4n) is 3.40. The van der Waals surface area contributed by atoms with Gasteiger partial charge < -0.3 is 14.6 Å². The molecule has 1 aromatic carbocycles. The van der Waals surface area contributed by atoms with Crippen LogP contribution in [0, 0.1) is 0 Å². The van der Waals surface area contributed by atoms with Crippen molar-refractivity contribution in [3.8, 4) is 5.75 Å². The number of methoxy groups -OCH3 is 2. The molecule has 1 unspecified atom stereocenters. The molecular weight excluding hydrogens is 338 g/mol. The first-order valence-electron chi connectivity index (χ1n) is 9.05. The predicted octanol–water partition coefficient (Wildman–Crippen LogP) is 4.02. The predicted molar refractivity (Wildman–Crippen MR) is 111 cm³/mol. The number of aliphatic hydroxyl groups is 1. The van der Waals surface area contributed by atoms with Crippen molar-refractivity contribution in [1.29, 1.82) is 0 Å². The summed E-state index contributed by atoms with van der Waals surface area (Å²) in [5.41, 5.74) is 2.45. The van der Waals surface area contributed by atoms with Crippen LogP contribution in [0.4, 0.5) is 0 Å². The van der Waals surface area contributed by atoms with Crippen LogP contribution < -0.4 is 10.1 Å². The summed E-state index contributed by atoms with van der Waals surface area (Å²) in [5, 5.41) is 13.0. The van der Waals surface area contributed by atoms with E-state index in [4.69, 9.17) is 9.47 Å². The number of hydrogen-bond acceptors (Lipinski definition) is 4. The molecule has 0 saturated heterocycles. The number of ether oxygens (including phenoxy) is 2. The summed E-state index contributed by atoms with van der Waals surface area (Å²) in [6.45, 7) is 8.57. The highest BCUT2D eigenvalue weighted by atomic mass is 16.5. The van der Waals surface area contributed by atoms with Crippen molar-refractivity contribution in [1.82, 2.24) is 5.32 Å². The van der Waals surface area contributed by atoms with Crippen molar-refractivity contribution in [3.63, 3.8) is 0 Å². The van der Waals surface area contributed by atoms with Crippen molar-refractivity contribution in [2.24, 2.45) is 0 Å². The van der Waals surface area contributed by atoms with Crippen LogP contribution >= 0.6 is 0 Å². The Balaban J connectivity index is 2.63. The summed E-state index contributed by atoms with van der Waals surface area (Å²) in [6, 6.07) is 7.95. The van der Waals surface area contributed by atoms with E-state index in [1.807, 2.05) is 42.5 Å². The SMILES string of the molecule is C=C/C=C\C(=C)C(NCCO)(C1=CC=C(OC)CC1)c1ccc(OC)cc1. The Bertz CT molecular complexity index is 743. The van der Waals surface area contributed by atoms with Gasteiger partial charge in [-0.2, -0.15) is 0 Å². The molecule has 1 aliphatic carbocycles. The smallest absolute Gasteiger partial charge is 0.118 e. The largest absolute Gasteiger partial charge is 0.501 e. The van der Waals surface area contributed by atoms with Crippen LogP contribution in [0.2, 0.25) is 0 Å². The third-order valence-corrected chi connectivity index (χ3v) is 4.80. The minimum Gasteiger partial charge on any atom is -0.501 e. The molecule has 2 rings (SSSR count). The zero-order valence-electron chi connectivity index (χ0n) is 16.2. The summed E-state index contributed by atoms with van der Waals surface area (Å²) in [6.07, 6.45) is 11.3. The lowest BCUT2D eigenvalue weighted by Gasteiger charge is -2.40. The van der Waals surface area contributed by atoms with E-state index < -0.39 is 5.54 Å². The zero-order valence-corrected chi connectivity index (χ0v) is 16.2. The van der Waals surface area contributed by atoms with Gasteiger partial charge >= 0.3 is 0 Å². The van der Waals surface area contributed by atoms with E-state index >= 15 is 0 Å². The Morgan fingerprint density at radius 1 is 1.19 bits per heavy atom. The van der Waals surface area contributed by atoms with Crippen LogP contribution in [0.1, 0.15) is 18.4 Å². The van der Waals surface area contributed by atoms with Crippen LogP contribution in [-0.4, -0.2) is 32.5 Å². The Morgan fingerprint density at radius 2 is 1.93 bits per heavy atom. The summed E-state index contributed by atoms with van der Waals surface area (Å²) < 4.78 is 10.7. The number of nitrogens with one attached hydrogen (secondary N) is 1. The maximum Gasteiger partial charge on any atom is 0.118 e. The van der Waals surface area contributed by atoms with Gasteiger partial charge in [0.05, 0.1) is 32.1 Å². The summed E-state index contributed by atoms with van der Waals surface area (Å²) in [4.78, 5) is 0. The van der Waals surface area contributed by atoms with Crippen molar-refractivity contribution in [2.45, 2.75) is 18.4 Å². The van der Waals surface area contributed by atoms with Crippen LogP contribution in [0.3, 0.4) is 0 Å². The normalized spacial score (nSPS) is 16.3. The van der Waals surface area contributed by atoms with Crippen LogP contribution in [-0.2, 0) is 10.3 Å². The molecule has 0 radical (unpaired) electrons. The number of hydrogen-bond donors (Lipinski definition) is 2. The fraction of sp³-hybridized carbons (Fsp3) is 0.304. The van der Waals surface area contributed by atoms with Gasteiger partial charge in [0.1, 0.15) is 5.75 Å². The molecule has 0 heterocycles. The molecule has 1 aromatic rings. The van der Waals surface area contributed by atoms with E-state index in [9.17, 15) is 5.11 Å². The number of allylic oxidation sites excluding steroid dienone is 5. The van der Waals surface area contributed by atoms with E-state index in [2.05, 4.69) is 24.6 Å². The topological polar surface area (TPSA) is 50.7 Å². The average Bonchev–Trinajstić information content (AvgIpc) is 2.73. The molecule has 0 bridgehead atoms. The average molecular weight is 367 g/mol. The van der Waals surface area contributed by atoms with Gasteiger partial charge in [-0.15, -0.1) is 0 Å². The number of benzene rings is 1. The van der Waals surface area contributed by atoms with E-state index in [0.29, 0.717) is 6.54 Å². The highest BCUT2D eigenvalue weighted by Crippen LogP contribution is 2.41. The third kappa shape index (κ3) is 4.59. The van der Waals surface area contributed by atoms with Gasteiger partial charge in [-0.05, 0) is 41.3 Å². The first-order chi connectivity index (χ1) is 13.1. The first kappa shape index (κ1) is 20.7. The maximum absolute atomic E-state index is 9.50. The molecule has 27 heavy (non-hydrogen) atoms. The van der Waals surface area contributed by atoms with Gasteiger partial charge in [0.15, 0.2) is 0 Å². The minimum absolute atomic E-state index is 0.0306. The molecule has 0 amide bonds. The van der Waals surface area contributed by atoms with Crippen LogP contribution in [0.25, 0.3) is 0 Å². The monoisotopic (exact) mass is 367 g/mol. The quantitative estimate of drug-likeness (QED) is 0.613. The molecule has 4 nitrogen and oxygen atoms in total. The van der Waals surface area contributed by atoms with E-state index in [-0.39, 0.29) is 6.61 Å². The second-order valence-corrected chi connectivity index (χ2v) is 6.28. The number of rotatable bonds is 10. The highest BCUT2D eigenvalue weighted by Gasteiger charge is 2.38. The Morgan fingerprint density at radius 3 is 2.44 bits per heavy atom. The highest BCUT2D eigenvalue weighted by molar-refractivity contribution is 5.52. The third-order valence-electron chi connectivity index (χ3n) is 4.80. The van der Waals surface area contributed by atoms with E-state index in [0.717, 1.165) is 35.5 Å². The van der Waals surface area contributed by atoms with Crippen molar-refractivity contribution < 1.29 is 14.6 Å². The molecule has 144 valence electrons. The molecule has 0 fully saturated rings. The minimum atomic E-state index is -0.635. The molecular formula is C23H29NO3. The van der Waals surface area contributed by atoms with Gasteiger partial charge in [-0.25, -0.2) is 0 Å². The lowest BCUT2D eigenvalue weighted by Crippen LogP contribution is -2.47. The molecule has 2 N–H and O–H groups in total. The molecule has 0 saturated carbocycles. The van der Waals surface area contributed by atoms with E-state index in [1.165, 1.54) is 5.57 Å². The Labute approximate surface area is 162 Å². The summed E-state index contributed by atoms with van der Waals surface area (Å²) >= 11 is 0. The van der Waals surface area contributed by atoms with Gasteiger partial charge in [-0.3, -0.25) is 5.32 Å². The molecule has 1 atom stereocenters. The summed E-state index contributed by atoms with van der Waals surface area (Å²) in [7, 11) is 3.34. The summed E-state index contributed by atoms with van der Waals surface area (Å²) in [5.74, 6) is 1.75. The Hall–Kier alpha value is -2.56. The van der Waals surface area contributed by atoms with Crippen LogP contribution in [0.5, 0.6) is 5.75 Å². The number of aliphatic hydroxyl groups excluding tert-OH is 1. The molecule has 1 aliphatic rings. The lowest BCUT2D eigenvalue weighted by atomic mass is 9.73. The lowest BCUT2D eigenvalue weighted by molar-refractivity contribution is 0.265. The molecule has 0 aliphatic heterocycles. The maximum atomic E-state index is 9.50. The second-order valence-electron chi connectivity index (χ2n) is 6.28. The first-order valence-corrected chi connectivity index (χ1v) is 9.05. The molecule has 0 aromatic heterocycles. The fourth-order valence-corrected chi connectivity index (χ4v) is 3.40.